The summed E-state index contributed by atoms with van der Waals surface area (Å²) in [6, 6.07) is 13.7. The molecule has 120 valence electrons. The van der Waals surface area contributed by atoms with E-state index in [0.717, 1.165) is 38.1 Å². The Bertz CT molecular complexity index is 640. The molecule has 1 aliphatic rings. The van der Waals surface area contributed by atoms with Crippen molar-refractivity contribution in [2.45, 2.75) is 25.2 Å². The second-order valence-electron chi connectivity index (χ2n) is 5.93. The largest absolute Gasteiger partial charge is 0.497 e. The number of carbonyl (C=O) groups is 1. The van der Waals surface area contributed by atoms with Crippen LogP contribution in [0.4, 0.5) is 0 Å². The van der Waals surface area contributed by atoms with Crippen LogP contribution in [-0.2, 0) is 0 Å². The van der Waals surface area contributed by atoms with Crippen molar-refractivity contribution in [3.63, 3.8) is 0 Å². The topological polar surface area (TPSA) is 42.4 Å². The molecule has 2 aromatic rings. The summed E-state index contributed by atoms with van der Waals surface area (Å²) in [5.41, 5.74) is 1.80. The molecule has 23 heavy (non-hydrogen) atoms. The highest BCUT2D eigenvalue weighted by molar-refractivity contribution is 5.92. The van der Waals surface area contributed by atoms with Gasteiger partial charge in [0.05, 0.1) is 7.11 Å². The smallest absolute Gasteiger partial charge is 0.272 e. The first-order chi connectivity index (χ1) is 11.3. The predicted molar refractivity (Wildman–Crippen MR) is 89.7 cm³/mol. The van der Waals surface area contributed by atoms with Gasteiger partial charge in [0, 0.05) is 25.2 Å². The Morgan fingerprint density at radius 1 is 1.17 bits per heavy atom. The number of nitrogens with zero attached hydrogens (tertiary/aromatic N) is 2. The molecule has 1 unspecified atom stereocenters. The van der Waals surface area contributed by atoms with Gasteiger partial charge in [0.1, 0.15) is 11.4 Å². The van der Waals surface area contributed by atoms with Gasteiger partial charge in [0.15, 0.2) is 0 Å². The number of amides is 1. The molecule has 0 aliphatic carbocycles. The molecule has 0 radical (unpaired) electrons. The van der Waals surface area contributed by atoms with Gasteiger partial charge in [-0.15, -0.1) is 0 Å². The van der Waals surface area contributed by atoms with Crippen molar-refractivity contribution in [1.82, 2.24) is 9.88 Å². The molecule has 1 aromatic heterocycles. The van der Waals surface area contributed by atoms with E-state index in [1.165, 1.54) is 5.56 Å². The number of rotatable bonds is 3. The SMILES string of the molecule is COc1ccc(C2CCCCN(C(=O)c3ccccn3)C2)cc1. The number of hydrogen-bond acceptors (Lipinski definition) is 3. The molecule has 0 spiro atoms. The van der Waals surface area contributed by atoms with Crippen LogP contribution in [0.2, 0.25) is 0 Å². The maximum absolute atomic E-state index is 12.7. The molecule has 1 atom stereocenters. The summed E-state index contributed by atoms with van der Waals surface area (Å²) in [6.45, 7) is 1.56. The fourth-order valence-corrected chi connectivity index (χ4v) is 3.13. The van der Waals surface area contributed by atoms with Gasteiger partial charge in [-0.05, 0) is 42.7 Å². The van der Waals surface area contributed by atoms with Gasteiger partial charge in [0.2, 0.25) is 0 Å². The molecule has 3 rings (SSSR count). The summed E-state index contributed by atoms with van der Waals surface area (Å²) in [6.07, 6.45) is 4.97. The van der Waals surface area contributed by atoms with Crippen LogP contribution in [-0.4, -0.2) is 36.0 Å². The Morgan fingerprint density at radius 3 is 2.70 bits per heavy atom. The number of pyridine rings is 1. The van der Waals surface area contributed by atoms with E-state index in [2.05, 4.69) is 17.1 Å². The predicted octanol–water partition coefficient (Wildman–Crippen LogP) is 3.50. The molecule has 1 saturated heterocycles. The molecule has 4 heteroatoms. The minimum absolute atomic E-state index is 0.0333. The second-order valence-corrected chi connectivity index (χ2v) is 5.93. The van der Waals surface area contributed by atoms with E-state index in [0.29, 0.717) is 11.6 Å². The van der Waals surface area contributed by atoms with Gasteiger partial charge in [-0.1, -0.05) is 24.6 Å². The lowest BCUT2D eigenvalue weighted by Gasteiger charge is -2.24. The fourth-order valence-electron chi connectivity index (χ4n) is 3.13. The zero-order chi connectivity index (χ0) is 16.1. The molecular formula is C19H22N2O2. The molecule has 2 heterocycles. The highest BCUT2D eigenvalue weighted by Gasteiger charge is 2.24. The standard InChI is InChI=1S/C19H22N2O2/c1-23-17-10-8-15(9-11-17)16-6-3-5-13-21(14-16)19(22)18-7-2-4-12-20-18/h2,4,7-12,16H,3,5-6,13-14H2,1H3. The zero-order valence-electron chi connectivity index (χ0n) is 13.4. The number of likely N-dealkylation sites (tertiary alicyclic amines) is 1. The van der Waals surface area contributed by atoms with Crippen LogP contribution in [0.25, 0.3) is 0 Å². The fraction of sp³-hybridized carbons (Fsp3) is 0.368. The lowest BCUT2D eigenvalue weighted by Crippen LogP contribution is -2.34. The molecule has 1 aliphatic heterocycles. The van der Waals surface area contributed by atoms with Gasteiger partial charge < -0.3 is 9.64 Å². The minimum Gasteiger partial charge on any atom is -0.497 e. The van der Waals surface area contributed by atoms with Crippen molar-refractivity contribution in [1.29, 1.82) is 0 Å². The summed E-state index contributed by atoms with van der Waals surface area (Å²) in [7, 11) is 1.67. The molecule has 4 nitrogen and oxygen atoms in total. The van der Waals surface area contributed by atoms with Gasteiger partial charge in [-0.3, -0.25) is 9.78 Å². The lowest BCUT2D eigenvalue weighted by molar-refractivity contribution is 0.0748. The average molecular weight is 310 g/mol. The number of ether oxygens (including phenoxy) is 1. The number of hydrogen-bond donors (Lipinski definition) is 0. The van der Waals surface area contributed by atoms with E-state index in [1.807, 2.05) is 29.2 Å². The first kappa shape index (κ1) is 15.5. The van der Waals surface area contributed by atoms with E-state index in [9.17, 15) is 4.79 Å². The number of aromatic nitrogens is 1. The molecular weight excluding hydrogens is 288 g/mol. The first-order valence-electron chi connectivity index (χ1n) is 8.12. The van der Waals surface area contributed by atoms with Crippen molar-refractivity contribution < 1.29 is 9.53 Å². The van der Waals surface area contributed by atoms with Crippen LogP contribution >= 0.6 is 0 Å². The highest BCUT2D eigenvalue weighted by atomic mass is 16.5. The second kappa shape index (κ2) is 7.27. The molecule has 0 bridgehead atoms. The first-order valence-corrected chi connectivity index (χ1v) is 8.12. The lowest BCUT2D eigenvalue weighted by atomic mass is 9.94. The third kappa shape index (κ3) is 3.70. The van der Waals surface area contributed by atoms with Crippen LogP contribution in [0.5, 0.6) is 5.75 Å². The van der Waals surface area contributed by atoms with E-state index in [-0.39, 0.29) is 5.91 Å². The van der Waals surface area contributed by atoms with Crippen LogP contribution in [0.3, 0.4) is 0 Å². The molecule has 0 saturated carbocycles. The van der Waals surface area contributed by atoms with E-state index in [1.54, 1.807) is 19.4 Å². The van der Waals surface area contributed by atoms with Gasteiger partial charge >= 0.3 is 0 Å². The molecule has 1 fully saturated rings. The number of methoxy groups -OCH3 is 1. The zero-order valence-corrected chi connectivity index (χ0v) is 13.4. The Hall–Kier alpha value is -2.36. The minimum atomic E-state index is 0.0333. The normalized spacial score (nSPS) is 18.3. The van der Waals surface area contributed by atoms with Crippen molar-refractivity contribution in [3.8, 4) is 5.75 Å². The van der Waals surface area contributed by atoms with Crippen molar-refractivity contribution in [2.24, 2.45) is 0 Å². The van der Waals surface area contributed by atoms with Crippen molar-refractivity contribution in [2.75, 3.05) is 20.2 Å². The number of benzene rings is 1. The summed E-state index contributed by atoms with van der Waals surface area (Å²) < 4.78 is 5.23. The van der Waals surface area contributed by atoms with Gasteiger partial charge in [-0.2, -0.15) is 0 Å². The Labute approximate surface area is 137 Å². The number of carbonyl (C=O) groups excluding carboxylic acids is 1. The van der Waals surface area contributed by atoms with Crippen LogP contribution in [0.1, 0.15) is 41.2 Å². The van der Waals surface area contributed by atoms with Crippen molar-refractivity contribution in [3.05, 3.63) is 59.9 Å². The third-order valence-corrected chi connectivity index (χ3v) is 4.43. The maximum atomic E-state index is 12.7. The summed E-state index contributed by atoms with van der Waals surface area (Å²) in [5, 5.41) is 0. The van der Waals surface area contributed by atoms with Gasteiger partial charge in [0.25, 0.3) is 5.91 Å². The molecule has 1 aromatic carbocycles. The third-order valence-electron chi connectivity index (χ3n) is 4.43. The summed E-state index contributed by atoms with van der Waals surface area (Å²) >= 11 is 0. The van der Waals surface area contributed by atoms with Crippen LogP contribution in [0.15, 0.2) is 48.7 Å². The Kier molecular flexibility index (Phi) is 4.91. The van der Waals surface area contributed by atoms with Crippen LogP contribution in [0, 0.1) is 0 Å². The molecule has 0 N–H and O–H groups in total. The average Bonchev–Trinajstić information content (AvgIpc) is 2.88. The van der Waals surface area contributed by atoms with E-state index >= 15 is 0 Å². The summed E-state index contributed by atoms with van der Waals surface area (Å²) in [4.78, 5) is 18.8. The monoisotopic (exact) mass is 310 g/mol. The van der Waals surface area contributed by atoms with Gasteiger partial charge in [-0.25, -0.2) is 0 Å². The van der Waals surface area contributed by atoms with Crippen molar-refractivity contribution >= 4 is 5.91 Å². The Morgan fingerprint density at radius 2 is 2.00 bits per heavy atom. The quantitative estimate of drug-likeness (QED) is 0.871. The maximum Gasteiger partial charge on any atom is 0.272 e. The highest BCUT2D eigenvalue weighted by Crippen LogP contribution is 2.28. The van der Waals surface area contributed by atoms with E-state index in [4.69, 9.17) is 4.74 Å². The molecule has 1 amide bonds. The summed E-state index contributed by atoms with van der Waals surface area (Å²) in [5.74, 6) is 1.27. The van der Waals surface area contributed by atoms with Crippen LogP contribution < -0.4 is 4.74 Å². The van der Waals surface area contributed by atoms with E-state index < -0.39 is 0 Å². The Balaban J connectivity index is 1.76.